The van der Waals surface area contributed by atoms with E-state index in [-0.39, 0.29) is 11.6 Å². The summed E-state index contributed by atoms with van der Waals surface area (Å²) in [6.45, 7) is 3.98. The lowest BCUT2D eigenvalue weighted by Crippen LogP contribution is -2.31. The van der Waals surface area contributed by atoms with Gasteiger partial charge in [-0.05, 0) is 43.9 Å². The van der Waals surface area contributed by atoms with E-state index in [1.165, 1.54) is 0 Å². The maximum atomic E-state index is 12.8. The summed E-state index contributed by atoms with van der Waals surface area (Å²) in [7, 11) is 0. The maximum Gasteiger partial charge on any atom is 0.256 e. The molecule has 2 N–H and O–H groups in total. The fourth-order valence-electron chi connectivity index (χ4n) is 2.91. The van der Waals surface area contributed by atoms with Crippen molar-refractivity contribution in [3.05, 3.63) is 69.1 Å². The Kier molecular flexibility index (Phi) is 3.22. The van der Waals surface area contributed by atoms with Crippen LogP contribution >= 0.6 is 0 Å². The van der Waals surface area contributed by atoms with Gasteiger partial charge in [0.15, 0.2) is 0 Å². The van der Waals surface area contributed by atoms with Crippen molar-refractivity contribution >= 4 is 0 Å². The molecule has 0 saturated heterocycles. The second-order valence-corrected chi connectivity index (χ2v) is 5.68. The third-order valence-corrected chi connectivity index (χ3v) is 4.06. The van der Waals surface area contributed by atoms with Crippen LogP contribution in [0, 0.1) is 13.8 Å². The van der Waals surface area contributed by atoms with Crippen LogP contribution in [0.25, 0.3) is 0 Å². The number of benzene rings is 1. The first-order valence-corrected chi connectivity index (χ1v) is 7.12. The van der Waals surface area contributed by atoms with Gasteiger partial charge in [0.05, 0.1) is 6.04 Å². The number of nitrogens with two attached hydrogens (primary N) is 1. The first-order valence-electron chi connectivity index (χ1n) is 7.12. The highest BCUT2D eigenvalue weighted by Crippen LogP contribution is 2.35. The lowest BCUT2D eigenvalue weighted by molar-refractivity contribution is 0.659. The van der Waals surface area contributed by atoms with Gasteiger partial charge in [-0.2, -0.15) is 0 Å². The Bertz CT molecular complexity index is 684. The Balaban J connectivity index is 2.14. The molecule has 3 heteroatoms. The van der Waals surface area contributed by atoms with Crippen molar-refractivity contribution in [1.82, 2.24) is 4.57 Å². The zero-order chi connectivity index (χ0) is 14.3. The second-order valence-electron chi connectivity index (χ2n) is 5.68. The van der Waals surface area contributed by atoms with Crippen molar-refractivity contribution in [3.8, 4) is 0 Å². The quantitative estimate of drug-likeness (QED) is 0.930. The SMILES string of the molecule is Cc1cc(C)n(C2CC2)c(=O)c1C(N)c1ccccc1. The standard InChI is InChI=1S/C17H20N2O/c1-11-10-12(2)19(14-8-9-14)17(20)15(11)16(18)13-6-4-3-5-7-13/h3-7,10,14,16H,8-9,18H2,1-2H3. The van der Waals surface area contributed by atoms with Crippen LogP contribution in [0.2, 0.25) is 0 Å². The van der Waals surface area contributed by atoms with E-state index in [0.717, 1.165) is 35.2 Å². The van der Waals surface area contributed by atoms with E-state index >= 15 is 0 Å². The molecular weight excluding hydrogens is 248 g/mol. The summed E-state index contributed by atoms with van der Waals surface area (Å²) < 4.78 is 1.92. The van der Waals surface area contributed by atoms with Crippen LogP contribution < -0.4 is 11.3 Å². The Morgan fingerprint density at radius 3 is 2.45 bits per heavy atom. The number of hydrogen-bond donors (Lipinski definition) is 1. The zero-order valence-electron chi connectivity index (χ0n) is 12.0. The monoisotopic (exact) mass is 268 g/mol. The lowest BCUT2D eigenvalue weighted by atomic mass is 9.96. The van der Waals surface area contributed by atoms with Crippen molar-refractivity contribution in [3.63, 3.8) is 0 Å². The Morgan fingerprint density at radius 1 is 1.20 bits per heavy atom. The molecule has 1 aliphatic carbocycles. The molecule has 1 unspecified atom stereocenters. The van der Waals surface area contributed by atoms with Gasteiger partial charge in [-0.25, -0.2) is 0 Å². The summed E-state index contributed by atoms with van der Waals surface area (Å²) in [4.78, 5) is 12.8. The highest BCUT2D eigenvalue weighted by atomic mass is 16.1. The smallest absolute Gasteiger partial charge is 0.256 e. The Labute approximate surface area is 119 Å². The van der Waals surface area contributed by atoms with E-state index in [0.29, 0.717) is 6.04 Å². The molecule has 1 aliphatic rings. The van der Waals surface area contributed by atoms with Crippen LogP contribution in [0.4, 0.5) is 0 Å². The Hall–Kier alpha value is -1.87. The molecule has 0 aliphatic heterocycles. The van der Waals surface area contributed by atoms with Gasteiger partial charge in [0.25, 0.3) is 5.56 Å². The molecule has 1 aromatic heterocycles. The number of rotatable bonds is 3. The van der Waals surface area contributed by atoms with Gasteiger partial charge in [0, 0.05) is 17.3 Å². The molecule has 1 atom stereocenters. The predicted octanol–water partition coefficient (Wildman–Crippen LogP) is 2.85. The molecule has 1 aromatic carbocycles. The molecule has 1 saturated carbocycles. The van der Waals surface area contributed by atoms with Gasteiger partial charge in [-0.15, -0.1) is 0 Å². The van der Waals surface area contributed by atoms with Crippen LogP contribution in [0.3, 0.4) is 0 Å². The normalized spacial score (nSPS) is 16.1. The van der Waals surface area contributed by atoms with Gasteiger partial charge < -0.3 is 10.3 Å². The highest BCUT2D eigenvalue weighted by molar-refractivity contribution is 5.36. The van der Waals surface area contributed by atoms with E-state index in [1.54, 1.807) is 0 Å². The van der Waals surface area contributed by atoms with Crippen molar-refractivity contribution in [1.29, 1.82) is 0 Å². The molecule has 1 heterocycles. The molecular formula is C17H20N2O. The molecule has 104 valence electrons. The lowest BCUT2D eigenvalue weighted by Gasteiger charge is -2.18. The third kappa shape index (κ3) is 2.18. The van der Waals surface area contributed by atoms with Crippen LogP contribution in [0.1, 0.15) is 47.3 Å². The third-order valence-electron chi connectivity index (χ3n) is 4.06. The predicted molar refractivity (Wildman–Crippen MR) is 80.9 cm³/mol. The van der Waals surface area contributed by atoms with Crippen molar-refractivity contribution in [2.45, 2.75) is 38.8 Å². The van der Waals surface area contributed by atoms with E-state index in [9.17, 15) is 4.79 Å². The van der Waals surface area contributed by atoms with Crippen LogP contribution in [0.15, 0.2) is 41.2 Å². The van der Waals surface area contributed by atoms with E-state index < -0.39 is 0 Å². The van der Waals surface area contributed by atoms with Crippen LogP contribution in [0.5, 0.6) is 0 Å². The molecule has 0 amide bonds. The highest BCUT2D eigenvalue weighted by Gasteiger charge is 2.28. The van der Waals surface area contributed by atoms with Crippen molar-refractivity contribution < 1.29 is 0 Å². The Morgan fingerprint density at radius 2 is 1.85 bits per heavy atom. The van der Waals surface area contributed by atoms with Crippen molar-refractivity contribution in [2.24, 2.45) is 5.73 Å². The molecule has 0 radical (unpaired) electrons. The van der Waals surface area contributed by atoms with Crippen LogP contribution in [-0.2, 0) is 0 Å². The summed E-state index contributed by atoms with van der Waals surface area (Å²) in [5.74, 6) is 0. The molecule has 3 rings (SSSR count). The van der Waals surface area contributed by atoms with E-state index in [2.05, 4.69) is 6.07 Å². The molecule has 2 aromatic rings. The van der Waals surface area contributed by atoms with Crippen LogP contribution in [-0.4, -0.2) is 4.57 Å². The van der Waals surface area contributed by atoms with Gasteiger partial charge in [0.2, 0.25) is 0 Å². The molecule has 1 fully saturated rings. The molecule has 20 heavy (non-hydrogen) atoms. The average molecular weight is 268 g/mol. The van der Waals surface area contributed by atoms with Gasteiger partial charge >= 0.3 is 0 Å². The maximum absolute atomic E-state index is 12.8. The molecule has 3 nitrogen and oxygen atoms in total. The number of nitrogens with zero attached hydrogens (tertiary/aromatic N) is 1. The number of pyridine rings is 1. The van der Waals surface area contributed by atoms with Crippen molar-refractivity contribution in [2.75, 3.05) is 0 Å². The number of aromatic nitrogens is 1. The minimum absolute atomic E-state index is 0.0846. The summed E-state index contributed by atoms with van der Waals surface area (Å²) >= 11 is 0. The summed E-state index contributed by atoms with van der Waals surface area (Å²) in [6.07, 6.45) is 2.20. The van der Waals surface area contributed by atoms with Gasteiger partial charge in [0.1, 0.15) is 0 Å². The second kappa shape index (κ2) is 4.91. The summed E-state index contributed by atoms with van der Waals surface area (Å²) in [6, 6.07) is 11.9. The van der Waals surface area contributed by atoms with E-state index in [4.69, 9.17) is 5.73 Å². The summed E-state index contributed by atoms with van der Waals surface area (Å²) in [5.41, 5.74) is 10.2. The molecule has 0 bridgehead atoms. The minimum atomic E-state index is -0.353. The van der Waals surface area contributed by atoms with Gasteiger partial charge in [-0.1, -0.05) is 30.3 Å². The molecule has 0 spiro atoms. The van der Waals surface area contributed by atoms with E-state index in [1.807, 2.05) is 48.7 Å². The fourth-order valence-corrected chi connectivity index (χ4v) is 2.91. The number of hydrogen-bond acceptors (Lipinski definition) is 2. The first kappa shape index (κ1) is 13.1. The largest absolute Gasteiger partial charge is 0.320 e. The summed E-state index contributed by atoms with van der Waals surface area (Å²) in [5, 5.41) is 0. The topological polar surface area (TPSA) is 48.0 Å². The zero-order valence-corrected chi connectivity index (χ0v) is 12.0. The number of aryl methyl sites for hydroxylation is 2. The fraction of sp³-hybridized carbons (Fsp3) is 0.353. The van der Waals surface area contributed by atoms with Gasteiger partial charge in [-0.3, -0.25) is 4.79 Å². The first-order chi connectivity index (χ1) is 9.59. The average Bonchev–Trinajstić information content (AvgIpc) is 3.23. The minimum Gasteiger partial charge on any atom is -0.320 e.